The average Bonchev–Trinajstić information content (AvgIpc) is 2.68. The third kappa shape index (κ3) is 5.83. The average molecular weight is 380 g/mol. The fourth-order valence-corrected chi connectivity index (χ4v) is 2.85. The minimum atomic E-state index is -0.128. The van der Waals surface area contributed by atoms with Gasteiger partial charge in [0.05, 0.1) is 5.56 Å². The monoisotopic (exact) mass is 379 g/mol. The maximum Gasteiger partial charge on any atom is 0.253 e. The van der Waals surface area contributed by atoms with Crippen molar-refractivity contribution >= 4 is 23.3 Å². The summed E-state index contributed by atoms with van der Waals surface area (Å²) >= 11 is 5.89. The van der Waals surface area contributed by atoms with E-state index in [1.165, 1.54) is 11.1 Å². The molecule has 0 unspecified atom stereocenters. The molecule has 0 atom stereocenters. The lowest BCUT2D eigenvalue weighted by molar-refractivity contribution is 0.0950. The predicted molar refractivity (Wildman–Crippen MR) is 110 cm³/mol. The third-order valence-corrected chi connectivity index (χ3v) is 4.45. The van der Waals surface area contributed by atoms with Crippen LogP contribution >= 0.6 is 11.6 Å². The van der Waals surface area contributed by atoms with Gasteiger partial charge in [-0.3, -0.25) is 4.79 Å². The number of carbonyl (C=O) groups excluding carboxylic acids is 1. The Morgan fingerprint density at radius 3 is 2.56 bits per heavy atom. The Hall–Kier alpha value is -2.85. The van der Waals surface area contributed by atoms with Gasteiger partial charge < -0.3 is 10.6 Å². The fraction of sp³-hybridized carbons (Fsp3) is 0.182. The summed E-state index contributed by atoms with van der Waals surface area (Å²) in [6.45, 7) is 3.29. The highest BCUT2D eigenvalue weighted by atomic mass is 35.5. The Morgan fingerprint density at radius 1 is 1.04 bits per heavy atom. The van der Waals surface area contributed by atoms with Crippen LogP contribution in [0, 0.1) is 6.92 Å². The van der Waals surface area contributed by atoms with Crippen LogP contribution in [0.4, 0.5) is 5.82 Å². The van der Waals surface area contributed by atoms with Gasteiger partial charge in [-0.25, -0.2) is 4.98 Å². The molecule has 0 radical (unpaired) electrons. The molecule has 3 aromatic rings. The Labute approximate surface area is 164 Å². The highest BCUT2D eigenvalue weighted by Gasteiger charge is 2.06. The van der Waals surface area contributed by atoms with Crippen LogP contribution in [-0.4, -0.2) is 17.4 Å². The molecule has 2 aromatic carbocycles. The number of hydrogen-bond acceptors (Lipinski definition) is 3. The molecule has 0 aliphatic heterocycles. The first kappa shape index (κ1) is 18.9. The molecular formula is C22H22ClN3O. The van der Waals surface area contributed by atoms with E-state index in [1.54, 1.807) is 12.3 Å². The maximum atomic E-state index is 12.3. The first-order valence-corrected chi connectivity index (χ1v) is 9.26. The van der Waals surface area contributed by atoms with Gasteiger partial charge in [-0.2, -0.15) is 0 Å². The van der Waals surface area contributed by atoms with Crippen LogP contribution in [0.3, 0.4) is 0 Å². The number of nitrogens with one attached hydrogen (secondary N) is 2. The quantitative estimate of drug-likeness (QED) is 0.629. The lowest BCUT2D eigenvalue weighted by Crippen LogP contribution is -2.23. The second-order valence-corrected chi connectivity index (χ2v) is 6.84. The zero-order valence-electron chi connectivity index (χ0n) is 15.2. The van der Waals surface area contributed by atoms with Crippen molar-refractivity contribution < 1.29 is 4.79 Å². The van der Waals surface area contributed by atoms with Gasteiger partial charge in [0.15, 0.2) is 0 Å². The van der Waals surface area contributed by atoms with E-state index in [0.29, 0.717) is 12.1 Å². The Morgan fingerprint density at radius 2 is 1.85 bits per heavy atom. The zero-order chi connectivity index (χ0) is 19.1. The molecule has 1 aromatic heterocycles. The molecule has 27 heavy (non-hydrogen) atoms. The number of aryl methyl sites for hydroxylation is 1. The molecule has 1 amide bonds. The van der Waals surface area contributed by atoms with E-state index in [4.69, 9.17) is 11.6 Å². The summed E-state index contributed by atoms with van der Waals surface area (Å²) in [6, 6.07) is 19.5. The first-order valence-electron chi connectivity index (χ1n) is 8.88. The van der Waals surface area contributed by atoms with Crippen molar-refractivity contribution in [1.82, 2.24) is 10.3 Å². The van der Waals surface area contributed by atoms with Crippen molar-refractivity contribution in [2.24, 2.45) is 0 Å². The highest BCUT2D eigenvalue weighted by molar-refractivity contribution is 6.30. The number of aromatic nitrogens is 1. The van der Waals surface area contributed by atoms with Crippen molar-refractivity contribution in [3.8, 4) is 0 Å². The van der Waals surface area contributed by atoms with Gasteiger partial charge in [-0.15, -0.1) is 0 Å². The van der Waals surface area contributed by atoms with E-state index in [9.17, 15) is 4.79 Å². The molecule has 0 aliphatic carbocycles. The summed E-state index contributed by atoms with van der Waals surface area (Å²) in [5.41, 5.74) is 4.01. The van der Waals surface area contributed by atoms with Gasteiger partial charge in [0.1, 0.15) is 5.82 Å². The molecular weight excluding hydrogens is 358 g/mol. The summed E-state index contributed by atoms with van der Waals surface area (Å²) in [6.07, 6.45) is 2.47. The van der Waals surface area contributed by atoms with Crippen molar-refractivity contribution in [2.75, 3.05) is 11.9 Å². The van der Waals surface area contributed by atoms with E-state index >= 15 is 0 Å². The minimum absolute atomic E-state index is 0.128. The summed E-state index contributed by atoms with van der Waals surface area (Å²) in [4.78, 5) is 16.6. The van der Waals surface area contributed by atoms with E-state index in [1.807, 2.05) is 55.5 Å². The van der Waals surface area contributed by atoms with Gasteiger partial charge in [0.2, 0.25) is 0 Å². The summed E-state index contributed by atoms with van der Waals surface area (Å²) in [7, 11) is 0. The van der Waals surface area contributed by atoms with Crippen molar-refractivity contribution in [2.45, 2.75) is 19.9 Å². The van der Waals surface area contributed by atoms with Gasteiger partial charge >= 0.3 is 0 Å². The molecule has 0 saturated heterocycles. The summed E-state index contributed by atoms with van der Waals surface area (Å²) in [5, 5.41) is 6.92. The molecule has 0 spiro atoms. The van der Waals surface area contributed by atoms with Crippen molar-refractivity contribution in [3.05, 3.63) is 94.1 Å². The van der Waals surface area contributed by atoms with Gasteiger partial charge in [0.25, 0.3) is 5.91 Å². The van der Waals surface area contributed by atoms with Crippen molar-refractivity contribution in [1.29, 1.82) is 0 Å². The van der Waals surface area contributed by atoms with Crippen LogP contribution in [-0.2, 0) is 13.0 Å². The smallest absolute Gasteiger partial charge is 0.253 e. The Balaban J connectivity index is 1.47. The molecule has 4 nitrogen and oxygen atoms in total. The van der Waals surface area contributed by atoms with E-state index in [0.717, 1.165) is 29.4 Å². The summed E-state index contributed by atoms with van der Waals surface area (Å²) < 4.78 is 0. The van der Waals surface area contributed by atoms with Crippen LogP contribution in [0.1, 0.15) is 27.0 Å². The number of pyridine rings is 1. The number of anilines is 1. The van der Waals surface area contributed by atoms with Gasteiger partial charge in [-0.1, -0.05) is 53.6 Å². The number of carbonyl (C=O) groups is 1. The number of amides is 1. The number of hydrogen-bond donors (Lipinski definition) is 2. The number of benzene rings is 2. The van der Waals surface area contributed by atoms with E-state index in [-0.39, 0.29) is 5.91 Å². The molecule has 3 rings (SSSR count). The van der Waals surface area contributed by atoms with E-state index in [2.05, 4.69) is 21.7 Å². The Bertz CT molecular complexity index is 892. The van der Waals surface area contributed by atoms with Crippen molar-refractivity contribution in [3.63, 3.8) is 0 Å². The standard InChI is InChI=1S/C22H22ClN3O/c1-16-3-2-4-18(13-16)14-26-22(27)19-7-10-21(25-15-19)24-12-11-17-5-8-20(23)9-6-17/h2-10,13,15H,11-12,14H2,1H3,(H,24,25)(H,26,27). The second-order valence-electron chi connectivity index (χ2n) is 6.41. The molecule has 0 fully saturated rings. The Kier molecular flexibility index (Phi) is 6.44. The molecule has 5 heteroatoms. The largest absolute Gasteiger partial charge is 0.370 e. The molecule has 138 valence electrons. The van der Waals surface area contributed by atoms with Crippen LogP contribution in [0.15, 0.2) is 66.9 Å². The SMILES string of the molecule is Cc1cccc(CNC(=O)c2ccc(NCCc3ccc(Cl)cc3)nc2)c1. The van der Waals surface area contributed by atoms with Crippen LogP contribution < -0.4 is 10.6 Å². The second kappa shape index (κ2) is 9.19. The topological polar surface area (TPSA) is 54.0 Å². The van der Waals surface area contributed by atoms with Crippen LogP contribution in [0.2, 0.25) is 5.02 Å². The van der Waals surface area contributed by atoms with Gasteiger partial charge in [0, 0.05) is 24.3 Å². The molecule has 2 N–H and O–H groups in total. The number of halogens is 1. The zero-order valence-corrected chi connectivity index (χ0v) is 16.0. The molecule has 0 saturated carbocycles. The maximum absolute atomic E-state index is 12.3. The first-order chi connectivity index (χ1) is 13.1. The lowest BCUT2D eigenvalue weighted by Gasteiger charge is -2.08. The molecule has 0 aliphatic rings. The summed E-state index contributed by atoms with van der Waals surface area (Å²) in [5.74, 6) is 0.621. The lowest BCUT2D eigenvalue weighted by atomic mass is 10.1. The van der Waals surface area contributed by atoms with Gasteiger partial charge in [-0.05, 0) is 48.7 Å². The number of nitrogens with zero attached hydrogens (tertiary/aromatic N) is 1. The fourth-order valence-electron chi connectivity index (χ4n) is 2.73. The predicted octanol–water partition coefficient (Wildman–Crippen LogP) is 4.63. The highest BCUT2D eigenvalue weighted by Crippen LogP contribution is 2.11. The normalized spacial score (nSPS) is 10.4. The third-order valence-electron chi connectivity index (χ3n) is 4.19. The molecule has 0 bridgehead atoms. The van der Waals surface area contributed by atoms with E-state index < -0.39 is 0 Å². The number of rotatable bonds is 7. The minimum Gasteiger partial charge on any atom is -0.370 e. The molecule has 1 heterocycles. The van der Waals surface area contributed by atoms with Crippen LogP contribution in [0.25, 0.3) is 0 Å². The van der Waals surface area contributed by atoms with Crippen LogP contribution in [0.5, 0.6) is 0 Å².